The Labute approximate surface area is 133 Å². The van der Waals surface area contributed by atoms with E-state index in [2.05, 4.69) is 38.3 Å². The van der Waals surface area contributed by atoms with Gasteiger partial charge in [0.1, 0.15) is 0 Å². The number of piperidine rings is 1. The molecule has 5 heteroatoms. The molecular weight excluding hydrogens is 336 g/mol. The molecule has 0 atom stereocenters. The van der Waals surface area contributed by atoms with Crippen LogP contribution in [-0.2, 0) is 11.2 Å². The van der Waals surface area contributed by atoms with E-state index >= 15 is 0 Å². The number of carbonyl (C=O) groups is 1. The molecule has 2 rings (SSSR count). The highest BCUT2D eigenvalue weighted by atomic mass is 79.9. The first-order valence-corrected chi connectivity index (χ1v) is 8.96. The molecule has 2 heterocycles. The van der Waals surface area contributed by atoms with Crippen molar-refractivity contribution in [3.63, 3.8) is 0 Å². The fraction of sp³-hybridized carbons (Fsp3) is 0.667. The van der Waals surface area contributed by atoms with Crippen LogP contribution >= 0.6 is 27.3 Å². The number of rotatable bonds is 6. The zero-order chi connectivity index (χ0) is 14.4. The first-order valence-electron chi connectivity index (χ1n) is 7.35. The zero-order valence-electron chi connectivity index (χ0n) is 12.0. The molecule has 1 aliphatic heterocycles. The zero-order valence-corrected chi connectivity index (χ0v) is 14.4. The predicted octanol–water partition coefficient (Wildman–Crippen LogP) is 3.29. The Morgan fingerprint density at radius 1 is 1.45 bits per heavy atom. The molecule has 1 aromatic heterocycles. The van der Waals surface area contributed by atoms with Crippen LogP contribution in [0.4, 0.5) is 0 Å². The van der Waals surface area contributed by atoms with Gasteiger partial charge in [-0.15, -0.1) is 11.3 Å². The van der Waals surface area contributed by atoms with Crippen molar-refractivity contribution in [1.82, 2.24) is 10.2 Å². The Bertz CT molecular complexity index is 427. The van der Waals surface area contributed by atoms with Gasteiger partial charge in [-0.25, -0.2) is 0 Å². The van der Waals surface area contributed by atoms with Crippen LogP contribution in [0.3, 0.4) is 0 Å². The predicted molar refractivity (Wildman–Crippen MR) is 88.2 cm³/mol. The number of likely N-dealkylation sites (tertiary alicyclic amines) is 1. The summed E-state index contributed by atoms with van der Waals surface area (Å²) in [6.45, 7) is 2.96. The number of hydrogen-bond donors (Lipinski definition) is 1. The number of hydrogen-bond acceptors (Lipinski definition) is 3. The lowest BCUT2D eigenvalue weighted by Crippen LogP contribution is -2.40. The van der Waals surface area contributed by atoms with Gasteiger partial charge >= 0.3 is 0 Å². The maximum Gasteiger partial charge on any atom is 0.222 e. The first-order chi connectivity index (χ1) is 9.69. The average molecular weight is 359 g/mol. The van der Waals surface area contributed by atoms with E-state index in [0.29, 0.717) is 12.3 Å². The second-order valence-corrected chi connectivity index (χ2v) is 7.99. The largest absolute Gasteiger partial charge is 0.343 e. The third-order valence-electron chi connectivity index (χ3n) is 3.90. The molecule has 3 nitrogen and oxygen atoms in total. The van der Waals surface area contributed by atoms with E-state index in [4.69, 9.17) is 0 Å². The van der Waals surface area contributed by atoms with E-state index in [1.807, 2.05) is 7.05 Å². The molecule has 1 aromatic rings. The van der Waals surface area contributed by atoms with Gasteiger partial charge in [0.2, 0.25) is 5.91 Å². The van der Waals surface area contributed by atoms with Crippen molar-refractivity contribution in [3.05, 3.63) is 20.8 Å². The number of aryl methyl sites for hydroxylation is 1. The average Bonchev–Trinajstić information content (AvgIpc) is 2.85. The topological polar surface area (TPSA) is 32.3 Å². The van der Waals surface area contributed by atoms with E-state index < -0.39 is 0 Å². The van der Waals surface area contributed by atoms with E-state index in [0.717, 1.165) is 51.2 Å². The quantitative estimate of drug-likeness (QED) is 0.845. The summed E-state index contributed by atoms with van der Waals surface area (Å²) < 4.78 is 1.17. The van der Waals surface area contributed by atoms with Crippen molar-refractivity contribution in [1.29, 1.82) is 0 Å². The van der Waals surface area contributed by atoms with Crippen LogP contribution in [0.15, 0.2) is 15.9 Å². The number of carbonyl (C=O) groups excluding carboxylic acids is 1. The third kappa shape index (κ3) is 4.86. The van der Waals surface area contributed by atoms with Gasteiger partial charge in [0.15, 0.2) is 0 Å². The molecule has 0 aromatic carbocycles. The maximum absolute atomic E-state index is 12.2. The second-order valence-electron chi connectivity index (χ2n) is 5.44. The Morgan fingerprint density at radius 3 is 2.80 bits per heavy atom. The van der Waals surface area contributed by atoms with Crippen LogP contribution in [0.5, 0.6) is 0 Å². The second kappa shape index (κ2) is 8.15. The van der Waals surface area contributed by atoms with Gasteiger partial charge in [-0.05, 0) is 73.3 Å². The van der Waals surface area contributed by atoms with Gasteiger partial charge in [0, 0.05) is 24.4 Å². The van der Waals surface area contributed by atoms with Gasteiger partial charge in [0.05, 0.1) is 3.79 Å². The Balaban J connectivity index is 1.65. The normalized spacial score (nSPS) is 16.6. The molecule has 112 valence electrons. The van der Waals surface area contributed by atoms with Gasteiger partial charge in [-0.3, -0.25) is 4.79 Å². The van der Waals surface area contributed by atoms with Crippen molar-refractivity contribution in [2.75, 3.05) is 26.7 Å². The molecule has 0 bridgehead atoms. The number of amides is 1. The van der Waals surface area contributed by atoms with Gasteiger partial charge in [-0.1, -0.05) is 0 Å². The highest BCUT2D eigenvalue weighted by molar-refractivity contribution is 9.11. The van der Waals surface area contributed by atoms with Crippen molar-refractivity contribution in [2.45, 2.75) is 32.1 Å². The summed E-state index contributed by atoms with van der Waals surface area (Å²) in [5, 5.41) is 3.23. The van der Waals surface area contributed by atoms with Crippen LogP contribution in [0.2, 0.25) is 0 Å². The summed E-state index contributed by atoms with van der Waals surface area (Å²) in [5.41, 5.74) is 0. The lowest BCUT2D eigenvalue weighted by molar-refractivity contribution is -0.132. The van der Waals surface area contributed by atoms with Crippen LogP contribution in [0, 0.1) is 5.92 Å². The van der Waals surface area contributed by atoms with E-state index in [9.17, 15) is 4.79 Å². The fourth-order valence-electron chi connectivity index (χ4n) is 2.73. The summed E-state index contributed by atoms with van der Waals surface area (Å²) in [6.07, 6.45) is 4.95. The molecule has 0 aliphatic carbocycles. The van der Waals surface area contributed by atoms with Gasteiger partial charge in [-0.2, -0.15) is 0 Å². The Hall–Kier alpha value is -0.390. The van der Waals surface area contributed by atoms with Gasteiger partial charge in [0.25, 0.3) is 0 Å². The Kier molecular flexibility index (Phi) is 6.52. The SMILES string of the molecule is CNCC1CCN(C(=O)CCCc2ccc(Br)s2)CC1. The molecule has 20 heavy (non-hydrogen) atoms. The Morgan fingerprint density at radius 2 is 2.20 bits per heavy atom. The molecule has 0 unspecified atom stereocenters. The van der Waals surface area contributed by atoms with E-state index in [-0.39, 0.29) is 0 Å². The van der Waals surface area contributed by atoms with Crippen molar-refractivity contribution in [3.8, 4) is 0 Å². The minimum atomic E-state index is 0.337. The standard InChI is InChI=1S/C15H23BrN2OS/c1-17-11-12-7-9-18(10-8-12)15(19)4-2-3-13-5-6-14(16)20-13/h5-6,12,17H,2-4,7-11H2,1H3. The molecule has 1 amide bonds. The van der Waals surface area contributed by atoms with Crippen LogP contribution in [0.1, 0.15) is 30.6 Å². The highest BCUT2D eigenvalue weighted by Crippen LogP contribution is 2.24. The van der Waals surface area contributed by atoms with E-state index in [1.165, 1.54) is 8.66 Å². The molecule has 1 saturated heterocycles. The molecule has 0 spiro atoms. The molecule has 1 fully saturated rings. The smallest absolute Gasteiger partial charge is 0.222 e. The van der Waals surface area contributed by atoms with Crippen molar-refractivity contribution < 1.29 is 4.79 Å². The van der Waals surface area contributed by atoms with Crippen molar-refractivity contribution in [2.24, 2.45) is 5.92 Å². The minimum Gasteiger partial charge on any atom is -0.343 e. The molecule has 0 radical (unpaired) electrons. The molecular formula is C15H23BrN2OS. The van der Waals surface area contributed by atoms with Gasteiger partial charge < -0.3 is 10.2 Å². The summed E-state index contributed by atoms with van der Waals surface area (Å²) in [7, 11) is 2.00. The lowest BCUT2D eigenvalue weighted by Gasteiger charge is -2.32. The lowest BCUT2D eigenvalue weighted by atomic mass is 9.96. The third-order valence-corrected chi connectivity index (χ3v) is 5.59. The summed E-state index contributed by atoms with van der Waals surface area (Å²) in [6, 6.07) is 4.22. The summed E-state index contributed by atoms with van der Waals surface area (Å²) in [5.74, 6) is 1.08. The maximum atomic E-state index is 12.2. The fourth-order valence-corrected chi connectivity index (χ4v) is 4.26. The number of halogens is 1. The van der Waals surface area contributed by atoms with Crippen LogP contribution in [-0.4, -0.2) is 37.5 Å². The van der Waals surface area contributed by atoms with Crippen LogP contribution in [0.25, 0.3) is 0 Å². The summed E-state index contributed by atoms with van der Waals surface area (Å²) in [4.78, 5) is 15.6. The monoisotopic (exact) mass is 358 g/mol. The highest BCUT2D eigenvalue weighted by Gasteiger charge is 2.21. The van der Waals surface area contributed by atoms with E-state index in [1.54, 1.807) is 11.3 Å². The van der Waals surface area contributed by atoms with Crippen LogP contribution < -0.4 is 5.32 Å². The summed E-state index contributed by atoms with van der Waals surface area (Å²) >= 11 is 5.24. The molecule has 0 saturated carbocycles. The number of nitrogens with zero attached hydrogens (tertiary/aromatic N) is 1. The minimum absolute atomic E-state index is 0.337. The molecule has 1 N–H and O–H groups in total. The molecule has 1 aliphatic rings. The number of thiophene rings is 1. The number of nitrogens with one attached hydrogen (secondary N) is 1. The van der Waals surface area contributed by atoms with Crippen molar-refractivity contribution >= 4 is 33.2 Å². The first kappa shape index (κ1) is 16.0.